The average Bonchev–Trinajstić information content (AvgIpc) is 2.81. The van der Waals surface area contributed by atoms with Gasteiger partial charge in [-0.1, -0.05) is 30.7 Å². The van der Waals surface area contributed by atoms with E-state index in [0.717, 1.165) is 11.4 Å². The quantitative estimate of drug-likeness (QED) is 0.894. The highest BCUT2D eigenvalue weighted by Gasteiger charge is 2.12. The molecule has 2 aromatic rings. The molecule has 1 atom stereocenters. The molecular formula is C12H15ClN4O. The second-order valence-corrected chi connectivity index (χ2v) is 4.64. The molecule has 0 saturated carbocycles. The van der Waals surface area contributed by atoms with E-state index in [0.29, 0.717) is 12.4 Å². The van der Waals surface area contributed by atoms with Crippen molar-refractivity contribution in [2.45, 2.75) is 25.8 Å². The first-order chi connectivity index (χ1) is 8.69. The lowest BCUT2D eigenvalue weighted by molar-refractivity contribution is 0.259. The third kappa shape index (κ3) is 3.27. The highest BCUT2D eigenvalue weighted by molar-refractivity contribution is 6.30. The molecular weight excluding hydrogens is 252 g/mol. The molecule has 1 N–H and O–H groups in total. The van der Waals surface area contributed by atoms with Gasteiger partial charge in [0, 0.05) is 10.9 Å². The number of aromatic nitrogens is 4. The minimum atomic E-state index is 0.0152. The summed E-state index contributed by atoms with van der Waals surface area (Å²) >= 11 is 5.84. The third-order valence-electron chi connectivity index (χ3n) is 2.66. The second-order valence-electron chi connectivity index (χ2n) is 4.20. The zero-order chi connectivity index (χ0) is 13.0. The number of hydrogen-bond donors (Lipinski definition) is 1. The Morgan fingerprint density at radius 2 is 2.06 bits per heavy atom. The maximum atomic E-state index is 8.79. The van der Waals surface area contributed by atoms with Gasteiger partial charge in [-0.25, -0.2) is 0 Å². The summed E-state index contributed by atoms with van der Waals surface area (Å²) in [6.07, 6.45) is 0.835. The molecule has 1 unspecified atom stereocenters. The van der Waals surface area contributed by atoms with Crippen LogP contribution in [0.1, 0.15) is 24.2 Å². The molecule has 0 saturated heterocycles. The van der Waals surface area contributed by atoms with Gasteiger partial charge in [0.2, 0.25) is 0 Å². The van der Waals surface area contributed by atoms with Gasteiger partial charge in [0.1, 0.15) is 0 Å². The standard InChI is InChI=1S/C12H15ClN4O/c1-9(8-10-2-4-11(13)5-3-10)12-14-16-17(15-12)6-7-18/h2-5,9,18H,6-8H2,1H3. The SMILES string of the molecule is CC(Cc1ccc(Cl)cc1)c1nnn(CCO)n1. The molecule has 2 rings (SSSR count). The molecule has 6 heteroatoms. The molecule has 0 bridgehead atoms. The molecule has 5 nitrogen and oxygen atoms in total. The summed E-state index contributed by atoms with van der Waals surface area (Å²) in [6.45, 7) is 2.44. The fraction of sp³-hybridized carbons (Fsp3) is 0.417. The topological polar surface area (TPSA) is 63.8 Å². The molecule has 18 heavy (non-hydrogen) atoms. The summed E-state index contributed by atoms with van der Waals surface area (Å²) in [4.78, 5) is 1.41. The predicted molar refractivity (Wildman–Crippen MR) is 68.5 cm³/mol. The summed E-state index contributed by atoms with van der Waals surface area (Å²) in [5, 5.41) is 21.6. The lowest BCUT2D eigenvalue weighted by Crippen LogP contribution is -2.07. The van der Waals surface area contributed by atoms with Crippen LogP contribution in [0.15, 0.2) is 24.3 Å². The minimum Gasteiger partial charge on any atom is -0.394 e. The molecule has 0 radical (unpaired) electrons. The molecule has 0 aliphatic heterocycles. The van der Waals surface area contributed by atoms with Crippen molar-refractivity contribution in [2.75, 3.05) is 6.61 Å². The van der Waals surface area contributed by atoms with Gasteiger partial charge in [0.25, 0.3) is 0 Å². The van der Waals surface area contributed by atoms with Crippen LogP contribution in [0, 0.1) is 0 Å². The van der Waals surface area contributed by atoms with E-state index < -0.39 is 0 Å². The first-order valence-corrected chi connectivity index (χ1v) is 6.20. The Kier molecular flexibility index (Phi) is 4.28. The lowest BCUT2D eigenvalue weighted by Gasteiger charge is -2.06. The van der Waals surface area contributed by atoms with Crippen LogP contribution in [-0.2, 0) is 13.0 Å². The van der Waals surface area contributed by atoms with E-state index in [-0.39, 0.29) is 12.5 Å². The molecule has 1 heterocycles. The Bertz CT molecular complexity index is 497. The summed E-state index contributed by atoms with van der Waals surface area (Å²) in [7, 11) is 0. The van der Waals surface area contributed by atoms with Crippen LogP contribution < -0.4 is 0 Å². The summed E-state index contributed by atoms with van der Waals surface area (Å²) in [5.41, 5.74) is 1.19. The van der Waals surface area contributed by atoms with E-state index in [1.54, 1.807) is 0 Å². The van der Waals surface area contributed by atoms with Crippen molar-refractivity contribution in [3.63, 3.8) is 0 Å². The number of tetrazole rings is 1. The number of benzene rings is 1. The molecule has 96 valence electrons. The zero-order valence-corrected chi connectivity index (χ0v) is 10.9. The first kappa shape index (κ1) is 13.0. The van der Waals surface area contributed by atoms with Gasteiger partial charge in [-0.15, -0.1) is 10.2 Å². The third-order valence-corrected chi connectivity index (χ3v) is 2.92. The number of halogens is 1. The van der Waals surface area contributed by atoms with Gasteiger partial charge in [-0.05, 0) is 29.3 Å². The van der Waals surface area contributed by atoms with Gasteiger partial charge < -0.3 is 5.11 Å². The summed E-state index contributed by atoms with van der Waals surface area (Å²) in [6, 6.07) is 7.74. The number of nitrogens with zero attached hydrogens (tertiary/aromatic N) is 4. The van der Waals surface area contributed by atoms with Crippen molar-refractivity contribution in [1.29, 1.82) is 0 Å². The fourth-order valence-corrected chi connectivity index (χ4v) is 1.83. The van der Waals surface area contributed by atoms with E-state index in [2.05, 4.69) is 22.3 Å². The molecule has 0 spiro atoms. The van der Waals surface area contributed by atoms with Crippen LogP contribution in [0.4, 0.5) is 0 Å². The molecule has 0 fully saturated rings. The van der Waals surface area contributed by atoms with Gasteiger partial charge in [0.15, 0.2) is 5.82 Å². The van der Waals surface area contributed by atoms with Crippen molar-refractivity contribution < 1.29 is 5.11 Å². The van der Waals surface area contributed by atoms with Crippen LogP contribution in [-0.4, -0.2) is 31.9 Å². The smallest absolute Gasteiger partial charge is 0.177 e. The number of aliphatic hydroxyl groups is 1. The lowest BCUT2D eigenvalue weighted by atomic mass is 10.0. The van der Waals surface area contributed by atoms with Crippen LogP contribution in [0.2, 0.25) is 5.02 Å². The van der Waals surface area contributed by atoms with E-state index in [4.69, 9.17) is 16.7 Å². The van der Waals surface area contributed by atoms with Gasteiger partial charge in [-0.2, -0.15) is 4.80 Å². The highest BCUT2D eigenvalue weighted by Crippen LogP contribution is 2.18. The number of hydrogen-bond acceptors (Lipinski definition) is 4. The van der Waals surface area contributed by atoms with Crippen LogP contribution >= 0.6 is 11.6 Å². The molecule has 1 aromatic carbocycles. The van der Waals surface area contributed by atoms with E-state index in [1.807, 2.05) is 24.3 Å². The molecule has 0 aliphatic rings. The highest BCUT2D eigenvalue weighted by atomic mass is 35.5. The minimum absolute atomic E-state index is 0.0152. The largest absolute Gasteiger partial charge is 0.394 e. The average molecular weight is 267 g/mol. The summed E-state index contributed by atoms with van der Waals surface area (Å²) in [5.74, 6) is 0.872. The molecule has 0 aliphatic carbocycles. The van der Waals surface area contributed by atoms with Crippen molar-refractivity contribution in [3.8, 4) is 0 Å². The number of rotatable bonds is 5. The Morgan fingerprint density at radius 3 is 2.72 bits per heavy atom. The molecule has 1 aromatic heterocycles. The number of aliphatic hydroxyl groups excluding tert-OH is 1. The van der Waals surface area contributed by atoms with Crippen molar-refractivity contribution in [2.24, 2.45) is 0 Å². The van der Waals surface area contributed by atoms with E-state index >= 15 is 0 Å². The van der Waals surface area contributed by atoms with Gasteiger partial charge in [0.05, 0.1) is 13.2 Å². The van der Waals surface area contributed by atoms with Crippen molar-refractivity contribution >= 4 is 11.6 Å². The normalized spacial score (nSPS) is 12.6. The Hall–Kier alpha value is -1.46. The van der Waals surface area contributed by atoms with E-state index in [1.165, 1.54) is 10.4 Å². The summed E-state index contributed by atoms with van der Waals surface area (Å²) < 4.78 is 0. The predicted octanol–water partition coefficient (Wildman–Crippen LogP) is 1.66. The Labute approximate surface area is 110 Å². The van der Waals surface area contributed by atoms with Crippen LogP contribution in [0.25, 0.3) is 0 Å². The first-order valence-electron chi connectivity index (χ1n) is 5.82. The molecule has 0 amide bonds. The van der Waals surface area contributed by atoms with Gasteiger partial charge >= 0.3 is 0 Å². The van der Waals surface area contributed by atoms with Crippen LogP contribution in [0.3, 0.4) is 0 Å². The van der Waals surface area contributed by atoms with Crippen molar-refractivity contribution in [1.82, 2.24) is 20.2 Å². The fourth-order valence-electron chi connectivity index (χ4n) is 1.70. The van der Waals surface area contributed by atoms with Crippen LogP contribution in [0.5, 0.6) is 0 Å². The Morgan fingerprint density at radius 1 is 1.33 bits per heavy atom. The monoisotopic (exact) mass is 266 g/mol. The van der Waals surface area contributed by atoms with E-state index in [9.17, 15) is 0 Å². The maximum Gasteiger partial charge on any atom is 0.177 e. The second kappa shape index (κ2) is 5.93. The maximum absolute atomic E-state index is 8.79. The van der Waals surface area contributed by atoms with Gasteiger partial charge in [-0.3, -0.25) is 0 Å². The zero-order valence-electron chi connectivity index (χ0n) is 10.1. The van der Waals surface area contributed by atoms with Crippen molar-refractivity contribution in [3.05, 3.63) is 40.7 Å². The Balaban J connectivity index is 2.02.